The first-order valence-corrected chi connectivity index (χ1v) is 16.4. The minimum absolute atomic E-state index is 0.101. The zero-order valence-electron chi connectivity index (χ0n) is 27.6. The van der Waals surface area contributed by atoms with Gasteiger partial charge in [-0.25, -0.2) is 0 Å². The van der Waals surface area contributed by atoms with Gasteiger partial charge >= 0.3 is 0 Å². The fourth-order valence-corrected chi connectivity index (χ4v) is 7.98. The Bertz CT molecular complexity index is 1590. The zero-order chi connectivity index (χ0) is 33.0. The first kappa shape index (κ1) is 32.0. The summed E-state index contributed by atoms with van der Waals surface area (Å²) in [5.41, 5.74) is 0.837. The molecule has 0 saturated carbocycles. The lowest BCUT2D eigenvalue weighted by Crippen LogP contribution is -2.60. The number of aliphatic hydroxyl groups excluding tert-OH is 1. The first-order chi connectivity index (χ1) is 22.0. The van der Waals surface area contributed by atoms with E-state index in [1.807, 2.05) is 108 Å². The van der Waals surface area contributed by atoms with Gasteiger partial charge in [-0.05, 0) is 75.1 Å². The maximum absolute atomic E-state index is 15.0. The number of nitrogens with zero attached hydrogens (tertiary/aromatic N) is 3. The molecule has 3 amide bonds. The third-order valence-corrected chi connectivity index (χ3v) is 10.5. The molecular weight excluding hydrogens is 582 g/mol. The molecule has 0 aromatic heterocycles. The summed E-state index contributed by atoms with van der Waals surface area (Å²) < 4.78 is 12.6. The minimum atomic E-state index is -1.41. The predicted octanol–water partition coefficient (Wildman–Crippen LogP) is 4.59. The van der Waals surface area contributed by atoms with Crippen LogP contribution < -0.4 is 14.5 Å². The molecule has 2 aromatic rings. The number of ether oxygens (including phenoxy) is 2. The van der Waals surface area contributed by atoms with E-state index in [4.69, 9.17) is 9.47 Å². The molecule has 9 heteroatoms. The van der Waals surface area contributed by atoms with Crippen molar-refractivity contribution in [3.8, 4) is 5.75 Å². The van der Waals surface area contributed by atoms with E-state index in [1.54, 1.807) is 14.7 Å². The van der Waals surface area contributed by atoms with Crippen LogP contribution >= 0.6 is 0 Å². The van der Waals surface area contributed by atoms with E-state index in [2.05, 4.69) is 0 Å². The largest absolute Gasteiger partial charge is 0.494 e. The maximum Gasteiger partial charge on any atom is 0.253 e. The van der Waals surface area contributed by atoms with Gasteiger partial charge in [0.05, 0.1) is 36.7 Å². The summed E-state index contributed by atoms with van der Waals surface area (Å²) >= 11 is 0. The number of fused-ring (bicyclic) bond motifs is 2. The highest BCUT2D eigenvalue weighted by atomic mass is 16.5. The minimum Gasteiger partial charge on any atom is -0.494 e. The van der Waals surface area contributed by atoms with E-state index >= 15 is 0 Å². The summed E-state index contributed by atoms with van der Waals surface area (Å²) in [5.74, 6) is -2.13. The Balaban J connectivity index is 1.49. The fourth-order valence-electron chi connectivity index (χ4n) is 7.98. The van der Waals surface area contributed by atoms with Crippen LogP contribution in [0, 0.1) is 31.6 Å². The normalized spacial score (nSPS) is 30.1. The number of aryl methyl sites for hydroxylation is 2. The Morgan fingerprint density at radius 3 is 2.30 bits per heavy atom. The molecule has 2 fully saturated rings. The average Bonchev–Trinajstić information content (AvgIpc) is 3.30. The van der Waals surface area contributed by atoms with Crippen LogP contribution in [0.5, 0.6) is 5.75 Å². The van der Waals surface area contributed by atoms with Crippen molar-refractivity contribution in [1.82, 2.24) is 4.90 Å². The number of carbonyl (C=O) groups is 3. The standard InChI is InChI=1S/C37H45N3O6/c1-7-24(4)29(22-41)40-32-35(44)39(28-21-23(3)11-12-25(28)5)20-10-18-37(32)31(34(40)43)30-33(42)38(19-9-17-36(30,6)46-37)26-13-15-27(16-14-26)45-8-2/h9-18,21,24,29-32,41H,7-8,19-20,22H2,1-6H3/t24-,29-,30-,31-,32?,36+,37-/m0/s1. The van der Waals surface area contributed by atoms with Crippen molar-refractivity contribution in [2.75, 3.05) is 36.1 Å². The molecule has 9 nitrogen and oxygen atoms in total. The number of hydrogen-bond acceptors (Lipinski definition) is 6. The van der Waals surface area contributed by atoms with Crippen LogP contribution in [-0.4, -0.2) is 77.3 Å². The van der Waals surface area contributed by atoms with E-state index in [-0.39, 0.29) is 36.8 Å². The van der Waals surface area contributed by atoms with Gasteiger partial charge < -0.3 is 29.3 Å². The van der Waals surface area contributed by atoms with Gasteiger partial charge in [0.25, 0.3) is 5.91 Å². The number of benzene rings is 2. The first-order valence-electron chi connectivity index (χ1n) is 16.4. The van der Waals surface area contributed by atoms with E-state index in [9.17, 15) is 19.5 Å². The molecule has 2 aromatic carbocycles. The molecule has 1 spiro atoms. The lowest BCUT2D eigenvalue weighted by Gasteiger charge is -2.41. The van der Waals surface area contributed by atoms with Crippen molar-refractivity contribution in [1.29, 1.82) is 0 Å². The Morgan fingerprint density at radius 1 is 0.935 bits per heavy atom. The van der Waals surface area contributed by atoms with Gasteiger partial charge in [-0.1, -0.05) is 56.7 Å². The zero-order valence-corrected chi connectivity index (χ0v) is 27.6. The predicted molar refractivity (Wildman–Crippen MR) is 177 cm³/mol. The number of rotatable bonds is 8. The third kappa shape index (κ3) is 4.86. The van der Waals surface area contributed by atoms with Crippen molar-refractivity contribution in [3.63, 3.8) is 0 Å². The van der Waals surface area contributed by atoms with Crippen molar-refractivity contribution in [2.24, 2.45) is 17.8 Å². The van der Waals surface area contributed by atoms with E-state index < -0.39 is 35.1 Å². The molecule has 0 aliphatic carbocycles. The van der Waals surface area contributed by atoms with Crippen LogP contribution in [0.2, 0.25) is 0 Å². The van der Waals surface area contributed by atoms with Crippen molar-refractivity contribution >= 4 is 29.1 Å². The number of carbonyl (C=O) groups excluding carboxylic acids is 3. The molecule has 6 rings (SSSR count). The number of hydrogen-bond donors (Lipinski definition) is 1. The van der Waals surface area contributed by atoms with Gasteiger partial charge in [-0.15, -0.1) is 0 Å². The van der Waals surface area contributed by atoms with Crippen molar-refractivity contribution in [3.05, 3.63) is 77.9 Å². The van der Waals surface area contributed by atoms with Crippen LogP contribution in [-0.2, 0) is 19.1 Å². The summed E-state index contributed by atoms with van der Waals surface area (Å²) in [4.78, 5) is 49.5. The van der Waals surface area contributed by atoms with E-state index in [0.29, 0.717) is 31.0 Å². The maximum atomic E-state index is 15.0. The smallest absolute Gasteiger partial charge is 0.253 e. The lowest BCUT2D eigenvalue weighted by molar-refractivity contribution is -0.149. The second-order valence-electron chi connectivity index (χ2n) is 13.3. The SMILES string of the molecule is CCOc1ccc(N2CC=C[C@@]3(C)O[C@]45C=CCN(c6cc(C)ccc6C)C(=O)C4N([C@@H](CO)[C@@H](C)CC)C(=O)[C@@H]5[C@H]3C2=O)cc1. The molecule has 1 unspecified atom stereocenters. The van der Waals surface area contributed by atoms with Crippen molar-refractivity contribution in [2.45, 2.75) is 71.2 Å². The fraction of sp³-hybridized carbons (Fsp3) is 0.486. The monoisotopic (exact) mass is 627 g/mol. The van der Waals surface area contributed by atoms with Crippen molar-refractivity contribution < 1.29 is 29.0 Å². The second-order valence-corrected chi connectivity index (χ2v) is 13.3. The van der Waals surface area contributed by atoms with Gasteiger partial charge in [0.1, 0.15) is 17.4 Å². The number of anilines is 2. The molecule has 7 atom stereocenters. The molecule has 244 valence electrons. The quantitative estimate of drug-likeness (QED) is 0.430. The number of likely N-dealkylation sites (tertiary alicyclic amines) is 1. The molecular formula is C37H45N3O6. The summed E-state index contributed by atoms with van der Waals surface area (Å²) in [5, 5.41) is 10.7. The summed E-state index contributed by atoms with van der Waals surface area (Å²) in [7, 11) is 0. The molecule has 4 heterocycles. The van der Waals surface area contributed by atoms with Crippen LogP contribution in [0.3, 0.4) is 0 Å². The summed E-state index contributed by atoms with van der Waals surface area (Å²) in [6.07, 6.45) is 8.24. The van der Waals surface area contributed by atoms with Gasteiger partial charge in [-0.2, -0.15) is 0 Å². The topological polar surface area (TPSA) is 99.6 Å². The second kappa shape index (κ2) is 12.0. The molecule has 1 N–H and O–H groups in total. The van der Waals surface area contributed by atoms with E-state index in [0.717, 1.165) is 16.8 Å². The Hall–Kier alpha value is -3.95. The highest BCUT2D eigenvalue weighted by molar-refractivity contribution is 6.08. The van der Waals surface area contributed by atoms with Gasteiger partial charge in [0, 0.05) is 24.5 Å². The summed E-state index contributed by atoms with van der Waals surface area (Å²) in [6.45, 7) is 12.5. The average molecular weight is 628 g/mol. The van der Waals surface area contributed by atoms with Crippen LogP contribution in [0.15, 0.2) is 66.8 Å². The molecule has 2 saturated heterocycles. The molecule has 4 aliphatic rings. The van der Waals surface area contributed by atoms with Crippen LogP contribution in [0.25, 0.3) is 0 Å². The van der Waals surface area contributed by atoms with Crippen LogP contribution in [0.1, 0.15) is 45.2 Å². The number of aliphatic hydroxyl groups is 1. The molecule has 0 bridgehead atoms. The van der Waals surface area contributed by atoms with Crippen LogP contribution in [0.4, 0.5) is 11.4 Å². The Labute approximate surface area is 271 Å². The molecule has 0 radical (unpaired) electrons. The van der Waals surface area contributed by atoms with Gasteiger partial charge in [0.15, 0.2) is 0 Å². The van der Waals surface area contributed by atoms with Gasteiger partial charge in [-0.3, -0.25) is 14.4 Å². The lowest BCUT2D eigenvalue weighted by atomic mass is 9.74. The third-order valence-electron chi connectivity index (χ3n) is 10.5. The number of amides is 3. The van der Waals surface area contributed by atoms with E-state index in [1.165, 1.54) is 0 Å². The highest BCUT2D eigenvalue weighted by Crippen LogP contribution is 2.58. The molecule has 46 heavy (non-hydrogen) atoms. The Kier molecular flexibility index (Phi) is 8.36. The summed E-state index contributed by atoms with van der Waals surface area (Å²) in [6, 6.07) is 11.6. The highest BCUT2D eigenvalue weighted by Gasteiger charge is 2.75. The Morgan fingerprint density at radius 2 is 1.63 bits per heavy atom. The molecule has 4 aliphatic heterocycles. The van der Waals surface area contributed by atoms with Gasteiger partial charge in [0.2, 0.25) is 11.8 Å².